The summed E-state index contributed by atoms with van der Waals surface area (Å²) in [4.78, 5) is 11.5. The largest absolute Gasteiger partial charge is 0.458 e. The molecular weight excluding hydrogens is 280 g/mol. The van der Waals surface area contributed by atoms with Crippen LogP contribution >= 0.6 is 0 Å². The van der Waals surface area contributed by atoms with Gasteiger partial charge in [-0.1, -0.05) is 47.3 Å². The zero-order valence-corrected chi connectivity index (χ0v) is 15.8. The first-order chi connectivity index (χ1) is 9.37. The molecule has 0 bridgehead atoms. The third-order valence-corrected chi connectivity index (χ3v) is 8.77. The molecule has 0 heterocycles. The lowest BCUT2D eigenvalue weighted by atomic mass is 9.85. The molecule has 0 aliphatic carbocycles. The van der Waals surface area contributed by atoms with Gasteiger partial charge in [-0.25, -0.2) is 4.79 Å². The van der Waals surface area contributed by atoms with E-state index in [1.807, 2.05) is 0 Å². The van der Waals surface area contributed by atoms with Crippen molar-refractivity contribution in [1.82, 2.24) is 0 Å². The molecule has 0 rings (SSSR count). The lowest BCUT2D eigenvalue weighted by Gasteiger charge is -2.41. The molecule has 0 aromatic heterocycles. The molecule has 1 atom stereocenters. The minimum Gasteiger partial charge on any atom is -0.458 e. The fraction of sp³-hybridized carbons (Fsp3) is 0.706. The zero-order chi connectivity index (χ0) is 16.9. The Morgan fingerprint density at radius 3 is 2.10 bits per heavy atom. The third kappa shape index (κ3) is 6.18. The van der Waals surface area contributed by atoms with Gasteiger partial charge in [0.2, 0.25) is 0 Å². The Morgan fingerprint density at radius 1 is 1.19 bits per heavy atom. The molecule has 0 aromatic rings. The first-order valence-electron chi connectivity index (χ1n) is 7.45. The Balaban J connectivity index is 4.94. The Labute approximate surface area is 131 Å². The second-order valence-corrected chi connectivity index (χ2v) is 12.5. The average Bonchev–Trinajstić information content (AvgIpc) is 2.34. The third-order valence-electron chi connectivity index (χ3n) is 4.29. The van der Waals surface area contributed by atoms with Crippen LogP contribution in [0.25, 0.3) is 0 Å². The molecule has 0 aromatic carbocycles. The van der Waals surface area contributed by atoms with Crippen LogP contribution in [0.3, 0.4) is 0 Å². The van der Waals surface area contributed by atoms with E-state index in [1.54, 1.807) is 6.08 Å². The smallest absolute Gasteiger partial charge is 0.330 e. The highest BCUT2D eigenvalue weighted by atomic mass is 28.4. The molecular formula is C17H32O3Si. The second-order valence-electron chi connectivity index (χ2n) is 7.69. The molecule has 0 fully saturated rings. The average molecular weight is 313 g/mol. The van der Waals surface area contributed by atoms with Crippen LogP contribution in [-0.2, 0) is 14.0 Å². The lowest BCUT2D eigenvalue weighted by molar-refractivity contribution is -0.150. The van der Waals surface area contributed by atoms with Crippen LogP contribution in [0.5, 0.6) is 0 Å². The minimum atomic E-state index is -1.82. The van der Waals surface area contributed by atoms with Crippen molar-refractivity contribution in [2.24, 2.45) is 5.41 Å². The van der Waals surface area contributed by atoms with Gasteiger partial charge >= 0.3 is 5.97 Å². The van der Waals surface area contributed by atoms with E-state index in [-0.39, 0.29) is 16.6 Å². The number of carbonyl (C=O) groups excluding carboxylic acids is 1. The molecule has 0 aliphatic heterocycles. The summed E-state index contributed by atoms with van der Waals surface area (Å²) in [5.41, 5.74) is -0.275. The van der Waals surface area contributed by atoms with Gasteiger partial charge in [0.15, 0.2) is 8.32 Å². The summed E-state index contributed by atoms with van der Waals surface area (Å²) in [5.74, 6) is -0.401. The van der Waals surface area contributed by atoms with E-state index in [4.69, 9.17) is 9.16 Å². The van der Waals surface area contributed by atoms with Crippen molar-refractivity contribution in [1.29, 1.82) is 0 Å². The van der Waals surface area contributed by atoms with Gasteiger partial charge in [-0.2, -0.15) is 0 Å². The zero-order valence-electron chi connectivity index (χ0n) is 14.8. The van der Waals surface area contributed by atoms with Crippen LogP contribution in [0.2, 0.25) is 18.1 Å². The van der Waals surface area contributed by atoms with E-state index in [9.17, 15) is 4.79 Å². The van der Waals surface area contributed by atoms with Gasteiger partial charge in [0.1, 0.15) is 6.10 Å². The van der Waals surface area contributed by atoms with Crippen molar-refractivity contribution >= 4 is 14.3 Å². The number of rotatable bonds is 8. The van der Waals surface area contributed by atoms with Crippen LogP contribution in [0.1, 0.15) is 41.0 Å². The first kappa shape index (κ1) is 20.1. The SMILES string of the molecule is C=CC[C@H](OC(=O)C=C)C(C)(C)CO[Si](C)(C)C(C)(C)C. The van der Waals surface area contributed by atoms with Gasteiger partial charge in [0.25, 0.3) is 0 Å². The van der Waals surface area contributed by atoms with Gasteiger partial charge in [-0.3, -0.25) is 0 Å². The number of esters is 1. The molecule has 0 saturated heterocycles. The molecule has 0 amide bonds. The van der Waals surface area contributed by atoms with Crippen molar-refractivity contribution in [3.63, 3.8) is 0 Å². The maximum atomic E-state index is 11.5. The maximum Gasteiger partial charge on any atom is 0.330 e. The highest BCUT2D eigenvalue weighted by Crippen LogP contribution is 2.38. The van der Waals surface area contributed by atoms with Crippen molar-refractivity contribution in [3.8, 4) is 0 Å². The molecule has 0 aliphatic rings. The Bertz CT molecular complexity index is 378. The summed E-state index contributed by atoms with van der Waals surface area (Å²) in [7, 11) is -1.82. The number of hydrogen-bond donors (Lipinski definition) is 0. The summed E-state index contributed by atoms with van der Waals surface area (Å²) in [6.45, 7) is 23.0. The van der Waals surface area contributed by atoms with Gasteiger partial charge in [-0.15, -0.1) is 6.58 Å². The van der Waals surface area contributed by atoms with Crippen molar-refractivity contribution < 1.29 is 14.0 Å². The highest BCUT2D eigenvalue weighted by Gasteiger charge is 2.40. The summed E-state index contributed by atoms with van der Waals surface area (Å²) < 4.78 is 11.8. The van der Waals surface area contributed by atoms with Crippen molar-refractivity contribution in [3.05, 3.63) is 25.3 Å². The minimum absolute atomic E-state index is 0.162. The molecule has 0 saturated carbocycles. The monoisotopic (exact) mass is 312 g/mol. The van der Waals surface area contributed by atoms with Gasteiger partial charge in [-0.05, 0) is 18.1 Å². The van der Waals surface area contributed by atoms with E-state index in [0.717, 1.165) is 0 Å². The van der Waals surface area contributed by atoms with Gasteiger partial charge in [0, 0.05) is 24.5 Å². The fourth-order valence-corrected chi connectivity index (χ4v) is 2.71. The van der Waals surface area contributed by atoms with Crippen LogP contribution < -0.4 is 0 Å². The van der Waals surface area contributed by atoms with Crippen LogP contribution in [0.4, 0.5) is 0 Å². The molecule has 21 heavy (non-hydrogen) atoms. The molecule has 0 spiro atoms. The quantitative estimate of drug-likeness (QED) is 0.282. The van der Waals surface area contributed by atoms with Crippen LogP contribution in [0, 0.1) is 5.41 Å². The lowest BCUT2D eigenvalue weighted by Crippen LogP contribution is -2.46. The van der Waals surface area contributed by atoms with Crippen LogP contribution in [-0.4, -0.2) is 27.0 Å². The van der Waals surface area contributed by atoms with Gasteiger partial charge < -0.3 is 9.16 Å². The summed E-state index contributed by atoms with van der Waals surface area (Å²) in [6, 6.07) is 0. The normalized spacial score (nSPS) is 14.4. The predicted octanol–water partition coefficient (Wildman–Crippen LogP) is 4.71. The molecule has 122 valence electrons. The molecule has 0 radical (unpaired) electrons. The number of carbonyl (C=O) groups is 1. The summed E-state index contributed by atoms with van der Waals surface area (Å²) in [6.07, 6.45) is 3.31. The van der Waals surface area contributed by atoms with E-state index in [1.165, 1.54) is 6.08 Å². The molecule has 0 N–H and O–H groups in total. The molecule has 3 nitrogen and oxygen atoms in total. The predicted molar refractivity (Wildman–Crippen MR) is 91.8 cm³/mol. The maximum absolute atomic E-state index is 11.5. The van der Waals surface area contributed by atoms with Crippen LogP contribution in [0.15, 0.2) is 25.3 Å². The van der Waals surface area contributed by atoms with E-state index in [2.05, 4.69) is 60.9 Å². The summed E-state index contributed by atoms with van der Waals surface area (Å²) >= 11 is 0. The first-order valence-corrected chi connectivity index (χ1v) is 10.4. The summed E-state index contributed by atoms with van der Waals surface area (Å²) in [5, 5.41) is 0.162. The molecule has 4 heteroatoms. The van der Waals surface area contributed by atoms with E-state index < -0.39 is 14.3 Å². The van der Waals surface area contributed by atoms with E-state index >= 15 is 0 Å². The standard InChI is InChI=1S/C17H32O3Si/c1-10-12-14(20-15(18)11-2)17(6,7)13-19-21(8,9)16(3,4)5/h10-11,14H,1-2,12-13H2,3-9H3/t14-/m0/s1. The Hall–Kier alpha value is -0.873. The Morgan fingerprint density at radius 2 is 1.71 bits per heavy atom. The number of hydrogen-bond acceptors (Lipinski definition) is 3. The topological polar surface area (TPSA) is 35.5 Å². The number of ether oxygens (including phenoxy) is 1. The highest BCUT2D eigenvalue weighted by molar-refractivity contribution is 6.74. The van der Waals surface area contributed by atoms with Crippen molar-refractivity contribution in [2.45, 2.75) is 65.3 Å². The van der Waals surface area contributed by atoms with Crippen molar-refractivity contribution in [2.75, 3.05) is 6.61 Å². The fourth-order valence-electron chi connectivity index (χ4n) is 1.54. The Kier molecular flexibility index (Phi) is 7.10. The van der Waals surface area contributed by atoms with E-state index in [0.29, 0.717) is 13.0 Å². The second kappa shape index (κ2) is 7.41. The van der Waals surface area contributed by atoms with Gasteiger partial charge in [0.05, 0.1) is 0 Å². The molecule has 0 unspecified atom stereocenters.